The van der Waals surface area contributed by atoms with Crippen molar-refractivity contribution in [1.82, 2.24) is 15.5 Å². The molecule has 1 heterocycles. The maximum atomic E-state index is 12.3. The van der Waals surface area contributed by atoms with Crippen LogP contribution in [0.1, 0.15) is 27.2 Å². The van der Waals surface area contributed by atoms with Gasteiger partial charge < -0.3 is 25.2 Å². The Labute approximate surface area is 143 Å². The Morgan fingerprint density at radius 1 is 1.33 bits per heavy atom. The van der Waals surface area contributed by atoms with Crippen molar-refractivity contribution >= 4 is 12.0 Å². The third kappa shape index (κ3) is 7.94. The predicted octanol–water partition coefficient (Wildman–Crippen LogP) is -0.0435. The first-order valence-corrected chi connectivity index (χ1v) is 8.38. The second-order valence-electron chi connectivity index (χ2n) is 6.92. The first-order valence-electron chi connectivity index (χ1n) is 8.38. The zero-order valence-corrected chi connectivity index (χ0v) is 15.1. The third-order valence-electron chi connectivity index (χ3n) is 3.81. The molecule has 0 aromatic heterocycles. The Kier molecular flexibility index (Phi) is 8.44. The van der Waals surface area contributed by atoms with Gasteiger partial charge in [-0.3, -0.25) is 9.69 Å². The molecule has 8 heteroatoms. The summed E-state index contributed by atoms with van der Waals surface area (Å²) in [7, 11) is 1.26. The van der Waals surface area contributed by atoms with Gasteiger partial charge in [0.2, 0.25) is 5.91 Å². The van der Waals surface area contributed by atoms with Crippen LogP contribution < -0.4 is 10.6 Å². The third-order valence-corrected chi connectivity index (χ3v) is 3.81. The molecule has 1 saturated heterocycles. The van der Waals surface area contributed by atoms with Gasteiger partial charge in [-0.15, -0.1) is 0 Å². The number of hydrogen-bond donors (Lipinski definition) is 3. The van der Waals surface area contributed by atoms with Crippen LogP contribution in [0.2, 0.25) is 0 Å². The van der Waals surface area contributed by atoms with E-state index in [1.165, 1.54) is 7.11 Å². The van der Waals surface area contributed by atoms with Crippen molar-refractivity contribution in [2.45, 2.75) is 38.8 Å². The van der Waals surface area contributed by atoms with Crippen molar-refractivity contribution in [2.24, 2.45) is 5.92 Å². The molecule has 1 fully saturated rings. The molecule has 1 aliphatic heterocycles. The number of β-amino-alcohol motifs (C(OH)–C–C–N with tert-alkyl or cyclic N) is 1. The molecule has 2 amide bonds. The van der Waals surface area contributed by atoms with Gasteiger partial charge in [0, 0.05) is 26.2 Å². The fraction of sp³-hybridized carbons (Fsp3) is 0.875. The largest absolute Gasteiger partial charge is 0.453 e. The number of morpholine rings is 1. The number of amides is 2. The van der Waals surface area contributed by atoms with E-state index in [-0.39, 0.29) is 18.4 Å². The first-order chi connectivity index (χ1) is 11.2. The number of aliphatic hydroxyl groups is 1. The lowest BCUT2D eigenvalue weighted by molar-refractivity contribution is -0.124. The average molecular weight is 345 g/mol. The lowest BCUT2D eigenvalue weighted by Gasteiger charge is -2.34. The van der Waals surface area contributed by atoms with Crippen molar-refractivity contribution in [3.05, 3.63) is 0 Å². The van der Waals surface area contributed by atoms with Gasteiger partial charge in [0.1, 0.15) is 6.04 Å². The van der Waals surface area contributed by atoms with Gasteiger partial charge in [-0.2, -0.15) is 0 Å². The normalized spacial score (nSPS) is 19.4. The average Bonchev–Trinajstić information content (AvgIpc) is 2.52. The van der Waals surface area contributed by atoms with E-state index in [0.717, 1.165) is 13.1 Å². The fourth-order valence-corrected chi connectivity index (χ4v) is 2.60. The van der Waals surface area contributed by atoms with E-state index >= 15 is 0 Å². The zero-order chi connectivity index (χ0) is 18.2. The summed E-state index contributed by atoms with van der Waals surface area (Å²) in [4.78, 5) is 25.8. The van der Waals surface area contributed by atoms with Crippen molar-refractivity contribution in [3.63, 3.8) is 0 Å². The lowest BCUT2D eigenvalue weighted by Crippen LogP contribution is -2.54. The van der Waals surface area contributed by atoms with Crippen LogP contribution in [0.3, 0.4) is 0 Å². The van der Waals surface area contributed by atoms with Crippen molar-refractivity contribution in [2.75, 3.05) is 46.5 Å². The van der Waals surface area contributed by atoms with Crippen LogP contribution in [-0.2, 0) is 14.3 Å². The summed E-state index contributed by atoms with van der Waals surface area (Å²) in [5, 5.41) is 15.8. The molecule has 8 nitrogen and oxygen atoms in total. The number of hydrogen-bond acceptors (Lipinski definition) is 6. The van der Waals surface area contributed by atoms with E-state index < -0.39 is 17.7 Å². The second kappa shape index (κ2) is 9.80. The van der Waals surface area contributed by atoms with Gasteiger partial charge in [-0.25, -0.2) is 4.79 Å². The number of carbonyl (C=O) groups excluding carboxylic acids is 2. The van der Waals surface area contributed by atoms with Crippen molar-refractivity contribution < 1.29 is 24.2 Å². The number of carbonyl (C=O) groups is 2. The predicted molar refractivity (Wildman–Crippen MR) is 89.7 cm³/mol. The Hall–Kier alpha value is -1.38. The monoisotopic (exact) mass is 345 g/mol. The minimum atomic E-state index is -1.05. The molecule has 0 saturated carbocycles. The number of alkyl carbamates (subject to hydrolysis) is 1. The van der Waals surface area contributed by atoms with E-state index in [1.807, 2.05) is 13.8 Å². The summed E-state index contributed by atoms with van der Waals surface area (Å²) in [6.45, 7) is 9.03. The minimum Gasteiger partial charge on any atom is -0.453 e. The number of nitrogens with one attached hydrogen (secondary N) is 2. The van der Waals surface area contributed by atoms with E-state index in [4.69, 9.17) is 4.74 Å². The molecule has 0 spiro atoms. The van der Waals surface area contributed by atoms with Crippen LogP contribution in [0.15, 0.2) is 0 Å². The van der Waals surface area contributed by atoms with Crippen LogP contribution in [0.5, 0.6) is 0 Å². The van der Waals surface area contributed by atoms with E-state index in [2.05, 4.69) is 20.3 Å². The molecular formula is C16H31N3O5. The standard InChI is InChI=1S/C16H31N3O5/c1-12(2)9-13(18-15(21)23-4)14(20)17-10-16(3,22)11-19-5-7-24-8-6-19/h12-13,22H,5-11H2,1-4H3,(H,17,20)(H,18,21). The van der Waals surface area contributed by atoms with Gasteiger partial charge in [-0.1, -0.05) is 13.8 Å². The summed E-state index contributed by atoms with van der Waals surface area (Å²) in [5.74, 6) is -0.0943. The van der Waals surface area contributed by atoms with E-state index in [0.29, 0.717) is 26.2 Å². The molecule has 0 aliphatic carbocycles. The topological polar surface area (TPSA) is 100 Å². The molecule has 2 atom stereocenters. The number of methoxy groups -OCH3 is 1. The van der Waals surface area contributed by atoms with Crippen LogP contribution in [0, 0.1) is 5.92 Å². The van der Waals surface area contributed by atoms with Crippen molar-refractivity contribution in [3.8, 4) is 0 Å². The molecular weight excluding hydrogens is 314 g/mol. The molecule has 0 bridgehead atoms. The van der Waals surface area contributed by atoms with E-state index in [1.54, 1.807) is 6.92 Å². The summed E-state index contributed by atoms with van der Waals surface area (Å²) in [5.41, 5.74) is -1.05. The molecule has 2 unspecified atom stereocenters. The van der Waals surface area contributed by atoms with Crippen LogP contribution in [0.25, 0.3) is 0 Å². The Balaban J connectivity index is 2.50. The number of nitrogens with zero attached hydrogens (tertiary/aromatic N) is 1. The van der Waals surface area contributed by atoms with Crippen LogP contribution in [-0.4, -0.2) is 80.2 Å². The zero-order valence-electron chi connectivity index (χ0n) is 15.1. The molecule has 0 radical (unpaired) electrons. The molecule has 0 aromatic rings. The first kappa shape index (κ1) is 20.7. The van der Waals surface area contributed by atoms with Gasteiger partial charge in [0.15, 0.2) is 0 Å². The summed E-state index contributed by atoms with van der Waals surface area (Å²) in [6.07, 6.45) is -0.150. The summed E-state index contributed by atoms with van der Waals surface area (Å²) in [6, 6.07) is -0.684. The Morgan fingerprint density at radius 2 is 1.96 bits per heavy atom. The minimum absolute atomic E-state index is 0.112. The Bertz CT molecular complexity index is 409. The highest BCUT2D eigenvalue weighted by Crippen LogP contribution is 2.09. The number of rotatable bonds is 8. The SMILES string of the molecule is COC(=O)NC(CC(C)C)C(=O)NCC(C)(O)CN1CCOCC1. The lowest BCUT2D eigenvalue weighted by atomic mass is 10.0. The molecule has 1 rings (SSSR count). The Morgan fingerprint density at radius 3 is 2.50 bits per heavy atom. The molecule has 24 heavy (non-hydrogen) atoms. The van der Waals surface area contributed by atoms with Crippen LogP contribution in [0.4, 0.5) is 4.79 Å². The fourth-order valence-electron chi connectivity index (χ4n) is 2.60. The number of ether oxygens (including phenoxy) is 2. The quantitative estimate of drug-likeness (QED) is 0.571. The molecule has 140 valence electrons. The molecule has 0 aromatic carbocycles. The summed E-state index contributed by atoms with van der Waals surface area (Å²) >= 11 is 0. The van der Waals surface area contributed by atoms with E-state index in [9.17, 15) is 14.7 Å². The molecule has 1 aliphatic rings. The van der Waals surface area contributed by atoms with Gasteiger partial charge >= 0.3 is 6.09 Å². The van der Waals surface area contributed by atoms with Gasteiger partial charge in [0.25, 0.3) is 0 Å². The van der Waals surface area contributed by atoms with Crippen molar-refractivity contribution in [1.29, 1.82) is 0 Å². The molecule has 3 N–H and O–H groups in total. The second-order valence-corrected chi connectivity index (χ2v) is 6.92. The smallest absolute Gasteiger partial charge is 0.407 e. The highest BCUT2D eigenvalue weighted by atomic mass is 16.5. The van der Waals surface area contributed by atoms with Gasteiger partial charge in [-0.05, 0) is 19.3 Å². The maximum Gasteiger partial charge on any atom is 0.407 e. The van der Waals surface area contributed by atoms with Gasteiger partial charge in [0.05, 0.1) is 25.9 Å². The highest BCUT2D eigenvalue weighted by molar-refractivity contribution is 5.85. The maximum absolute atomic E-state index is 12.3. The summed E-state index contributed by atoms with van der Waals surface area (Å²) < 4.78 is 9.84. The highest BCUT2D eigenvalue weighted by Gasteiger charge is 2.28. The van der Waals surface area contributed by atoms with Crippen LogP contribution >= 0.6 is 0 Å².